The predicted molar refractivity (Wildman–Crippen MR) is 125 cm³/mol. The molecule has 0 radical (unpaired) electrons. The van der Waals surface area contributed by atoms with Gasteiger partial charge in [0.15, 0.2) is 0 Å². The van der Waals surface area contributed by atoms with Crippen LogP contribution in [0.4, 0.5) is 0 Å². The van der Waals surface area contributed by atoms with E-state index >= 15 is 0 Å². The van der Waals surface area contributed by atoms with Crippen LogP contribution in [0, 0.1) is 5.41 Å². The fraction of sp³-hybridized carbons (Fsp3) is 0.480. The fourth-order valence-electron chi connectivity index (χ4n) is 3.67. The molecule has 2 heterocycles. The summed E-state index contributed by atoms with van der Waals surface area (Å²) in [4.78, 5) is 8.17. The number of nitrogens with one attached hydrogen (secondary N) is 1. The van der Waals surface area contributed by atoms with Crippen molar-refractivity contribution < 1.29 is 9.31 Å². The number of hydrogen-bond acceptors (Lipinski definition) is 3. The van der Waals surface area contributed by atoms with Crippen molar-refractivity contribution in [3.8, 4) is 11.3 Å². The molecule has 30 heavy (non-hydrogen) atoms. The first kappa shape index (κ1) is 21.1. The zero-order valence-electron chi connectivity index (χ0n) is 19.5. The first-order valence-corrected chi connectivity index (χ1v) is 10.8. The molecule has 0 saturated carbocycles. The minimum atomic E-state index is -0.340. The van der Waals surface area contributed by atoms with Crippen LogP contribution in [0.15, 0.2) is 42.6 Å². The first-order valence-electron chi connectivity index (χ1n) is 10.8. The standard InChI is InChI=1S/C25H33BN2O2/c1-16(23(2,3)4)22-27-15-21(28-22)19-10-9-18-14-20(12-11-17(18)13-19)26-29-24(5,6)25(7,8)30-26/h9-16H,1-8H3,(H,27,28)/t16-/m1/s1. The van der Waals surface area contributed by atoms with Gasteiger partial charge in [0.05, 0.1) is 23.1 Å². The van der Waals surface area contributed by atoms with Crippen LogP contribution in [-0.2, 0) is 9.31 Å². The predicted octanol–water partition coefficient (Wildman–Crippen LogP) is 5.68. The third-order valence-electron chi connectivity index (χ3n) is 7.01. The maximum atomic E-state index is 6.21. The highest BCUT2D eigenvalue weighted by atomic mass is 16.7. The number of hydrogen-bond donors (Lipinski definition) is 1. The molecule has 0 aliphatic carbocycles. The average Bonchev–Trinajstić information content (AvgIpc) is 3.22. The average molecular weight is 404 g/mol. The van der Waals surface area contributed by atoms with E-state index in [4.69, 9.17) is 9.31 Å². The molecule has 1 saturated heterocycles. The third kappa shape index (κ3) is 3.70. The van der Waals surface area contributed by atoms with E-state index < -0.39 is 0 Å². The van der Waals surface area contributed by atoms with Crippen LogP contribution in [0.25, 0.3) is 22.0 Å². The van der Waals surface area contributed by atoms with Crippen LogP contribution in [0.2, 0.25) is 0 Å². The molecule has 1 atom stereocenters. The van der Waals surface area contributed by atoms with E-state index in [0.29, 0.717) is 5.92 Å². The van der Waals surface area contributed by atoms with Crippen molar-refractivity contribution in [1.82, 2.24) is 9.97 Å². The molecule has 0 unspecified atom stereocenters. The summed E-state index contributed by atoms with van der Waals surface area (Å²) < 4.78 is 12.4. The van der Waals surface area contributed by atoms with Crippen molar-refractivity contribution in [1.29, 1.82) is 0 Å². The molecule has 1 aliphatic heterocycles. The Morgan fingerprint density at radius 3 is 2.17 bits per heavy atom. The van der Waals surface area contributed by atoms with Crippen LogP contribution in [0.3, 0.4) is 0 Å². The number of rotatable bonds is 3. The highest BCUT2D eigenvalue weighted by Gasteiger charge is 2.51. The van der Waals surface area contributed by atoms with Crippen molar-refractivity contribution in [2.45, 2.75) is 72.5 Å². The van der Waals surface area contributed by atoms with E-state index in [1.165, 1.54) is 10.8 Å². The number of nitrogens with zero attached hydrogens (tertiary/aromatic N) is 1. The molecule has 1 aliphatic rings. The monoisotopic (exact) mass is 404 g/mol. The second-order valence-corrected chi connectivity index (χ2v) is 10.7. The van der Waals surface area contributed by atoms with E-state index in [2.05, 4.69) is 102 Å². The van der Waals surface area contributed by atoms with Crippen molar-refractivity contribution in [2.24, 2.45) is 5.41 Å². The van der Waals surface area contributed by atoms with E-state index in [-0.39, 0.29) is 23.7 Å². The van der Waals surface area contributed by atoms with E-state index in [9.17, 15) is 0 Å². The highest BCUT2D eigenvalue weighted by molar-refractivity contribution is 6.62. The molecule has 0 bridgehead atoms. The van der Waals surface area contributed by atoms with Crippen LogP contribution in [-0.4, -0.2) is 28.3 Å². The Morgan fingerprint density at radius 1 is 0.933 bits per heavy atom. The lowest BCUT2D eigenvalue weighted by atomic mass is 9.78. The zero-order valence-corrected chi connectivity index (χ0v) is 19.5. The Morgan fingerprint density at radius 2 is 1.53 bits per heavy atom. The number of aromatic amines is 1. The smallest absolute Gasteiger partial charge is 0.399 e. The second-order valence-electron chi connectivity index (χ2n) is 10.7. The molecule has 5 heteroatoms. The van der Waals surface area contributed by atoms with Gasteiger partial charge in [-0.25, -0.2) is 4.98 Å². The molecule has 4 nitrogen and oxygen atoms in total. The number of H-pyrrole nitrogens is 1. The maximum Gasteiger partial charge on any atom is 0.494 e. The summed E-state index contributed by atoms with van der Waals surface area (Å²) >= 11 is 0. The van der Waals surface area contributed by atoms with Gasteiger partial charge in [0.1, 0.15) is 5.82 Å². The van der Waals surface area contributed by atoms with Crippen LogP contribution < -0.4 is 5.46 Å². The Hall–Kier alpha value is -2.11. The molecular weight excluding hydrogens is 371 g/mol. The molecule has 0 amide bonds. The number of imidazole rings is 1. The van der Waals surface area contributed by atoms with Crippen molar-refractivity contribution >= 4 is 23.4 Å². The number of aromatic nitrogens is 2. The van der Waals surface area contributed by atoms with Crippen molar-refractivity contribution in [2.75, 3.05) is 0 Å². The fourth-order valence-corrected chi connectivity index (χ4v) is 3.67. The van der Waals surface area contributed by atoms with Gasteiger partial charge < -0.3 is 14.3 Å². The number of benzene rings is 2. The molecule has 1 N–H and O–H groups in total. The van der Waals surface area contributed by atoms with E-state index in [0.717, 1.165) is 22.5 Å². The van der Waals surface area contributed by atoms with Gasteiger partial charge in [0.25, 0.3) is 0 Å². The minimum absolute atomic E-state index is 0.169. The lowest BCUT2D eigenvalue weighted by molar-refractivity contribution is 0.00578. The third-order valence-corrected chi connectivity index (χ3v) is 7.01. The zero-order chi connectivity index (χ0) is 21.9. The molecule has 1 aromatic heterocycles. The minimum Gasteiger partial charge on any atom is -0.399 e. The molecule has 4 rings (SSSR count). The molecule has 1 fully saturated rings. The van der Waals surface area contributed by atoms with Crippen LogP contribution in [0.5, 0.6) is 0 Å². The highest BCUT2D eigenvalue weighted by Crippen LogP contribution is 2.37. The molecule has 158 valence electrons. The molecule has 2 aromatic carbocycles. The quantitative estimate of drug-likeness (QED) is 0.572. The Kier molecular flexibility index (Phi) is 4.91. The summed E-state index contributed by atoms with van der Waals surface area (Å²) in [5.41, 5.74) is 2.75. The van der Waals surface area contributed by atoms with Gasteiger partial charge in [-0.15, -0.1) is 0 Å². The summed E-state index contributed by atoms with van der Waals surface area (Å²) in [7, 11) is -0.340. The topological polar surface area (TPSA) is 47.1 Å². The van der Waals surface area contributed by atoms with Gasteiger partial charge in [-0.1, -0.05) is 58.0 Å². The maximum absolute atomic E-state index is 6.21. The van der Waals surface area contributed by atoms with Crippen LogP contribution in [0.1, 0.15) is 67.1 Å². The Labute approximate surface area is 180 Å². The van der Waals surface area contributed by atoms with Gasteiger partial charge in [-0.05, 0) is 55.4 Å². The second kappa shape index (κ2) is 6.96. The van der Waals surface area contributed by atoms with E-state index in [1.54, 1.807) is 0 Å². The van der Waals surface area contributed by atoms with Crippen molar-refractivity contribution in [3.63, 3.8) is 0 Å². The molecule has 3 aromatic rings. The molecule has 0 spiro atoms. The van der Waals surface area contributed by atoms with Gasteiger partial charge in [-0.2, -0.15) is 0 Å². The van der Waals surface area contributed by atoms with Gasteiger partial charge in [0.2, 0.25) is 0 Å². The summed E-state index contributed by atoms with van der Waals surface area (Å²) in [6, 6.07) is 12.9. The largest absolute Gasteiger partial charge is 0.494 e. The van der Waals surface area contributed by atoms with Gasteiger partial charge in [-0.3, -0.25) is 0 Å². The van der Waals surface area contributed by atoms with Gasteiger partial charge >= 0.3 is 7.12 Å². The summed E-state index contributed by atoms with van der Waals surface area (Å²) in [5.74, 6) is 1.39. The SMILES string of the molecule is C[C@H](c1ncc(-c2ccc3cc(B4OC(C)(C)C(C)(C)O4)ccc3c2)[nH]1)C(C)(C)C. The summed E-state index contributed by atoms with van der Waals surface area (Å²) in [6.07, 6.45) is 1.94. The number of fused-ring (bicyclic) bond motifs is 1. The van der Waals surface area contributed by atoms with E-state index in [1.807, 2.05) is 6.20 Å². The summed E-state index contributed by atoms with van der Waals surface area (Å²) in [5, 5.41) is 2.36. The van der Waals surface area contributed by atoms with Crippen LogP contribution >= 0.6 is 0 Å². The van der Waals surface area contributed by atoms with Crippen molar-refractivity contribution in [3.05, 3.63) is 48.4 Å². The Balaban J connectivity index is 1.61. The lowest BCUT2D eigenvalue weighted by Crippen LogP contribution is -2.41. The first-order chi connectivity index (χ1) is 13.9. The summed E-state index contributed by atoms with van der Waals surface area (Å²) in [6.45, 7) is 17.3. The molecular formula is C25H33BN2O2. The lowest BCUT2D eigenvalue weighted by Gasteiger charge is -2.32. The normalized spacial score (nSPS) is 19.4. The Bertz CT molecular complexity index is 1060. The van der Waals surface area contributed by atoms with Gasteiger partial charge in [0, 0.05) is 11.5 Å².